The van der Waals surface area contributed by atoms with Gasteiger partial charge in [-0.2, -0.15) is 0 Å². The van der Waals surface area contributed by atoms with Crippen molar-refractivity contribution in [3.8, 4) is 0 Å². The third-order valence-electron chi connectivity index (χ3n) is 1.28. The van der Waals surface area contributed by atoms with E-state index in [1.54, 1.807) is 0 Å². The number of carbonyl (C=O) groups excluding carboxylic acids is 1. The van der Waals surface area contributed by atoms with Gasteiger partial charge in [0.2, 0.25) is 0 Å². The van der Waals surface area contributed by atoms with Crippen molar-refractivity contribution in [3.63, 3.8) is 0 Å². The van der Waals surface area contributed by atoms with Gasteiger partial charge in [-0.15, -0.1) is 0 Å². The lowest BCUT2D eigenvalue weighted by atomic mass is 10.5. The molecule has 5 heteroatoms. The van der Waals surface area contributed by atoms with E-state index in [2.05, 4.69) is 23.0 Å². The lowest BCUT2D eigenvalue weighted by Crippen LogP contribution is -2.37. The van der Waals surface area contributed by atoms with E-state index in [4.69, 9.17) is 4.84 Å². The molecule has 0 fully saturated rings. The van der Waals surface area contributed by atoms with Gasteiger partial charge in [0.1, 0.15) is 0 Å². The van der Waals surface area contributed by atoms with Gasteiger partial charge in [-0.3, -0.25) is 4.84 Å². The predicted octanol–water partition coefficient (Wildman–Crippen LogP) is 0.237. The molecule has 0 aromatic heterocycles. The number of urea groups is 1. The molecule has 0 aliphatic rings. The molecule has 0 saturated heterocycles. The Kier molecular flexibility index (Phi) is 8.70. The third-order valence-corrected chi connectivity index (χ3v) is 1.28. The van der Waals surface area contributed by atoms with E-state index in [9.17, 15) is 4.79 Å². The average Bonchev–Trinajstić information content (AvgIpc) is 2.11. The Bertz CT molecular complexity index is 131. The number of nitrogens with one attached hydrogen (secondary N) is 3. The molecule has 13 heavy (non-hydrogen) atoms. The first-order valence-corrected chi connectivity index (χ1v) is 4.67. The predicted molar refractivity (Wildman–Crippen MR) is 51.3 cm³/mol. The second-order valence-electron chi connectivity index (χ2n) is 2.53. The number of hydrogen-bond donors (Lipinski definition) is 3. The van der Waals surface area contributed by atoms with Crippen LogP contribution in [0, 0.1) is 0 Å². The summed E-state index contributed by atoms with van der Waals surface area (Å²) in [6.07, 6.45) is 1.03. The highest BCUT2D eigenvalue weighted by Gasteiger charge is 1.94. The van der Waals surface area contributed by atoms with Crippen LogP contribution in [0.4, 0.5) is 4.79 Å². The van der Waals surface area contributed by atoms with Gasteiger partial charge in [-0.25, -0.2) is 10.3 Å². The highest BCUT2D eigenvalue weighted by atomic mass is 16.6. The molecule has 0 unspecified atom stereocenters. The van der Waals surface area contributed by atoms with Crippen LogP contribution in [-0.2, 0) is 4.84 Å². The number of rotatable bonds is 7. The minimum atomic E-state index is -0.151. The van der Waals surface area contributed by atoms with Crippen molar-refractivity contribution >= 4 is 6.03 Å². The summed E-state index contributed by atoms with van der Waals surface area (Å²) in [6.45, 7) is 6.41. The molecule has 0 spiro atoms. The van der Waals surface area contributed by atoms with Crippen LogP contribution in [0.15, 0.2) is 0 Å². The molecular weight excluding hydrogens is 170 g/mol. The highest BCUT2D eigenvalue weighted by Crippen LogP contribution is 1.71. The van der Waals surface area contributed by atoms with Crippen molar-refractivity contribution in [1.82, 2.24) is 16.1 Å². The first-order valence-electron chi connectivity index (χ1n) is 4.67. The first-order chi connectivity index (χ1) is 6.31. The van der Waals surface area contributed by atoms with E-state index < -0.39 is 0 Å². The Labute approximate surface area is 79.2 Å². The van der Waals surface area contributed by atoms with Crippen LogP contribution in [0.1, 0.15) is 20.3 Å². The normalized spacial score (nSPS) is 9.69. The Morgan fingerprint density at radius 2 is 2.00 bits per heavy atom. The van der Waals surface area contributed by atoms with Crippen molar-refractivity contribution in [2.75, 3.05) is 26.2 Å². The fourth-order valence-electron chi connectivity index (χ4n) is 0.685. The molecule has 0 heterocycles. The fraction of sp³-hybridized carbons (Fsp3) is 0.875. The molecule has 3 N–H and O–H groups in total. The minimum absolute atomic E-state index is 0.151. The Hall–Kier alpha value is -0.810. The Morgan fingerprint density at radius 1 is 1.23 bits per heavy atom. The lowest BCUT2D eigenvalue weighted by Gasteiger charge is -2.06. The molecule has 5 nitrogen and oxygen atoms in total. The molecule has 78 valence electrons. The van der Waals surface area contributed by atoms with E-state index in [0.29, 0.717) is 19.7 Å². The zero-order valence-corrected chi connectivity index (χ0v) is 8.35. The zero-order valence-electron chi connectivity index (χ0n) is 8.35. The summed E-state index contributed by atoms with van der Waals surface area (Å²) in [6, 6.07) is -0.151. The van der Waals surface area contributed by atoms with Crippen LogP contribution in [-0.4, -0.2) is 32.3 Å². The summed E-state index contributed by atoms with van der Waals surface area (Å²) in [5.74, 6) is 0. The molecule has 0 aromatic carbocycles. The topological polar surface area (TPSA) is 62.4 Å². The summed E-state index contributed by atoms with van der Waals surface area (Å²) < 4.78 is 0. The second-order valence-corrected chi connectivity index (χ2v) is 2.53. The molecule has 0 radical (unpaired) electrons. The third kappa shape index (κ3) is 9.10. The summed E-state index contributed by atoms with van der Waals surface area (Å²) in [4.78, 5) is 15.8. The molecule has 0 aromatic rings. The van der Waals surface area contributed by atoms with Crippen LogP contribution in [0.25, 0.3) is 0 Å². The molecule has 0 bridgehead atoms. The van der Waals surface area contributed by atoms with Crippen molar-refractivity contribution in [2.24, 2.45) is 0 Å². The minimum Gasteiger partial charge on any atom is -0.338 e. The maximum atomic E-state index is 10.8. The van der Waals surface area contributed by atoms with Crippen LogP contribution in [0.2, 0.25) is 0 Å². The average molecular weight is 189 g/mol. The molecule has 2 amide bonds. The number of hydroxylamine groups is 1. The van der Waals surface area contributed by atoms with Gasteiger partial charge in [-0.1, -0.05) is 6.92 Å². The van der Waals surface area contributed by atoms with Gasteiger partial charge < -0.3 is 10.6 Å². The highest BCUT2D eigenvalue weighted by molar-refractivity contribution is 5.73. The van der Waals surface area contributed by atoms with E-state index in [0.717, 1.165) is 13.0 Å². The molecule has 0 aliphatic heterocycles. The fourth-order valence-corrected chi connectivity index (χ4v) is 0.685. The quantitative estimate of drug-likeness (QED) is 0.397. The van der Waals surface area contributed by atoms with Gasteiger partial charge in [0.05, 0.1) is 6.61 Å². The van der Waals surface area contributed by atoms with Gasteiger partial charge in [0.25, 0.3) is 0 Å². The number of carbonyl (C=O) groups is 1. The van der Waals surface area contributed by atoms with Gasteiger partial charge >= 0.3 is 6.03 Å². The maximum Gasteiger partial charge on any atom is 0.314 e. The van der Waals surface area contributed by atoms with E-state index in [-0.39, 0.29) is 6.03 Å². The van der Waals surface area contributed by atoms with Crippen molar-refractivity contribution in [2.45, 2.75) is 20.3 Å². The summed E-state index contributed by atoms with van der Waals surface area (Å²) in [5.41, 5.74) is 2.77. The molecular formula is C8H19N3O2. The van der Waals surface area contributed by atoms with Crippen molar-refractivity contribution in [3.05, 3.63) is 0 Å². The smallest absolute Gasteiger partial charge is 0.314 e. The first kappa shape index (κ1) is 12.2. The Morgan fingerprint density at radius 3 is 2.62 bits per heavy atom. The van der Waals surface area contributed by atoms with Crippen LogP contribution in [0.3, 0.4) is 0 Å². The molecule has 0 aliphatic carbocycles. The zero-order chi connectivity index (χ0) is 9.94. The van der Waals surface area contributed by atoms with Crippen LogP contribution >= 0.6 is 0 Å². The second kappa shape index (κ2) is 9.28. The monoisotopic (exact) mass is 189 g/mol. The lowest BCUT2D eigenvalue weighted by molar-refractivity contribution is 0.0444. The van der Waals surface area contributed by atoms with Crippen LogP contribution in [0.5, 0.6) is 0 Å². The summed E-state index contributed by atoms with van der Waals surface area (Å²) >= 11 is 0. The van der Waals surface area contributed by atoms with Crippen LogP contribution < -0.4 is 16.1 Å². The largest absolute Gasteiger partial charge is 0.338 e. The van der Waals surface area contributed by atoms with Gasteiger partial charge in [0, 0.05) is 19.6 Å². The van der Waals surface area contributed by atoms with E-state index >= 15 is 0 Å². The Balaban J connectivity index is 3.02. The van der Waals surface area contributed by atoms with Gasteiger partial charge in [-0.05, 0) is 13.3 Å². The maximum absolute atomic E-state index is 10.8. The van der Waals surface area contributed by atoms with E-state index in [1.165, 1.54) is 0 Å². The SMILES string of the molecule is CCCNOCCNC(=O)NCC. The van der Waals surface area contributed by atoms with E-state index in [1.807, 2.05) is 6.92 Å². The van der Waals surface area contributed by atoms with Crippen molar-refractivity contribution < 1.29 is 9.63 Å². The standard InChI is InChI=1S/C8H19N3O2/c1-3-5-11-13-7-6-10-8(12)9-4-2/h11H,3-7H2,1-2H3,(H2,9,10,12). The molecule has 0 atom stereocenters. The van der Waals surface area contributed by atoms with Gasteiger partial charge in [0.15, 0.2) is 0 Å². The van der Waals surface area contributed by atoms with Crippen molar-refractivity contribution in [1.29, 1.82) is 0 Å². The summed E-state index contributed by atoms with van der Waals surface area (Å²) in [5, 5.41) is 5.27. The molecule has 0 saturated carbocycles. The number of hydrogen-bond acceptors (Lipinski definition) is 3. The summed E-state index contributed by atoms with van der Waals surface area (Å²) in [7, 11) is 0. The molecule has 0 rings (SSSR count). The number of amides is 2.